The van der Waals surface area contributed by atoms with E-state index in [0.29, 0.717) is 29.1 Å². The van der Waals surface area contributed by atoms with Crippen molar-refractivity contribution in [1.29, 1.82) is 0 Å². The summed E-state index contributed by atoms with van der Waals surface area (Å²) >= 11 is 0. The Morgan fingerprint density at radius 2 is 0.661 bits per heavy atom. The van der Waals surface area contributed by atoms with E-state index in [4.69, 9.17) is 0 Å². The second-order valence-corrected chi connectivity index (χ2v) is 13.5. The maximum atomic E-state index is 9.83. The molecule has 2 aliphatic rings. The van der Waals surface area contributed by atoms with Gasteiger partial charge in [0, 0.05) is 16.2 Å². The molecule has 3 nitrogen and oxygen atoms in total. The van der Waals surface area contributed by atoms with Crippen LogP contribution in [0.5, 0.6) is 17.2 Å². The molecule has 0 spiro atoms. The van der Waals surface area contributed by atoms with Crippen LogP contribution >= 0.6 is 0 Å². The first kappa shape index (κ1) is 46.6. The first-order valence-corrected chi connectivity index (χ1v) is 20.6. The average molecular weight is 751 g/mol. The molecule has 3 N–H and O–H groups in total. The molecule has 0 saturated carbocycles. The summed E-state index contributed by atoms with van der Waals surface area (Å²) in [6.07, 6.45) is 22.9. The number of allylic oxidation sites excluding steroid dienone is 8. The molecule has 8 rings (SSSR count). The van der Waals surface area contributed by atoms with Gasteiger partial charge in [-0.15, -0.1) is 0 Å². The standard InChI is InChI=1S/2C16H14O.C10H8O.3C3H8.C2H6/c2*17-16-10-9-13(11-12-5-1-2-6-12)14-7-3-4-8-15(14)16;11-10-7-3-5-8-4-1-2-6-9(8)10;3*1-3-2;1-2/h2*1-10,12,17H,11H2;1-7,11H;3*3H2,1-2H3;1-2H3. The second-order valence-electron chi connectivity index (χ2n) is 13.5. The Labute approximate surface area is 338 Å². The van der Waals surface area contributed by atoms with Crippen LogP contribution < -0.4 is 0 Å². The van der Waals surface area contributed by atoms with E-state index in [1.165, 1.54) is 30.4 Å². The quantitative estimate of drug-likeness (QED) is 0.168. The minimum atomic E-state index is 0.350. The molecule has 0 atom stereocenters. The Balaban J connectivity index is 0.000000261. The van der Waals surface area contributed by atoms with Crippen molar-refractivity contribution in [2.75, 3.05) is 0 Å². The van der Waals surface area contributed by atoms with Crippen LogP contribution in [0.3, 0.4) is 0 Å². The highest BCUT2D eigenvalue weighted by molar-refractivity contribution is 5.92. The molecular formula is C53H66O3. The molecule has 0 saturated heterocycles. The molecule has 3 heteroatoms. The van der Waals surface area contributed by atoms with Crippen LogP contribution in [0.1, 0.15) is 85.8 Å². The normalized spacial score (nSPS) is 12.1. The smallest absolute Gasteiger partial charge is 0.123 e. The Morgan fingerprint density at radius 3 is 1.04 bits per heavy atom. The van der Waals surface area contributed by atoms with Gasteiger partial charge in [-0.3, -0.25) is 0 Å². The molecular weight excluding hydrogens is 685 g/mol. The molecule has 0 heterocycles. The van der Waals surface area contributed by atoms with Gasteiger partial charge in [0.1, 0.15) is 17.2 Å². The number of fused-ring (bicyclic) bond motifs is 3. The van der Waals surface area contributed by atoms with Crippen molar-refractivity contribution in [3.8, 4) is 17.2 Å². The molecule has 56 heavy (non-hydrogen) atoms. The summed E-state index contributed by atoms with van der Waals surface area (Å²) in [5.41, 5.74) is 2.58. The third kappa shape index (κ3) is 14.9. The summed E-state index contributed by atoms with van der Waals surface area (Å²) in [5.74, 6) is 2.05. The number of rotatable bonds is 4. The van der Waals surface area contributed by atoms with Crippen LogP contribution in [-0.2, 0) is 12.8 Å². The number of hydrogen-bond acceptors (Lipinski definition) is 3. The van der Waals surface area contributed by atoms with Crippen LogP contribution in [0.15, 0.2) is 164 Å². The monoisotopic (exact) mass is 751 g/mol. The maximum Gasteiger partial charge on any atom is 0.123 e. The number of phenols is 3. The van der Waals surface area contributed by atoms with Crippen LogP contribution in [0, 0.1) is 11.8 Å². The lowest BCUT2D eigenvalue weighted by molar-refractivity contribution is 0.481. The molecule has 6 aromatic carbocycles. The molecule has 0 fully saturated rings. The third-order valence-corrected chi connectivity index (χ3v) is 8.32. The van der Waals surface area contributed by atoms with E-state index in [2.05, 4.69) is 102 Å². The van der Waals surface area contributed by atoms with Gasteiger partial charge in [0.25, 0.3) is 0 Å². The van der Waals surface area contributed by atoms with Gasteiger partial charge in [-0.2, -0.15) is 0 Å². The number of benzene rings is 6. The largest absolute Gasteiger partial charge is 0.507 e. The Morgan fingerprint density at radius 1 is 0.357 bits per heavy atom. The summed E-state index contributed by atoms with van der Waals surface area (Å²) in [6.45, 7) is 16.8. The molecule has 0 radical (unpaired) electrons. The van der Waals surface area contributed by atoms with E-state index in [0.717, 1.165) is 45.2 Å². The van der Waals surface area contributed by atoms with Crippen LogP contribution in [-0.4, -0.2) is 15.3 Å². The molecule has 0 aromatic heterocycles. The highest BCUT2D eigenvalue weighted by Gasteiger charge is 2.11. The van der Waals surface area contributed by atoms with Gasteiger partial charge in [0.15, 0.2) is 0 Å². The molecule has 0 unspecified atom stereocenters. The highest BCUT2D eigenvalue weighted by atomic mass is 16.3. The summed E-state index contributed by atoms with van der Waals surface area (Å²) in [7, 11) is 0. The Hall–Kier alpha value is -5.54. The van der Waals surface area contributed by atoms with Crippen molar-refractivity contribution in [3.63, 3.8) is 0 Å². The van der Waals surface area contributed by atoms with E-state index in [1.54, 1.807) is 18.2 Å². The van der Waals surface area contributed by atoms with E-state index in [1.807, 2.05) is 98.8 Å². The van der Waals surface area contributed by atoms with E-state index in [9.17, 15) is 15.3 Å². The number of hydrogen-bond donors (Lipinski definition) is 3. The van der Waals surface area contributed by atoms with Gasteiger partial charge in [-0.25, -0.2) is 0 Å². The van der Waals surface area contributed by atoms with Crippen molar-refractivity contribution < 1.29 is 15.3 Å². The number of aromatic hydroxyl groups is 3. The molecule has 0 aliphatic heterocycles. The predicted molar refractivity (Wildman–Crippen MR) is 247 cm³/mol. The lowest BCUT2D eigenvalue weighted by atomic mass is 9.95. The minimum absolute atomic E-state index is 0.350. The summed E-state index contributed by atoms with van der Waals surface area (Å²) in [6, 6.07) is 37.0. The average Bonchev–Trinajstić information content (AvgIpc) is 3.95. The summed E-state index contributed by atoms with van der Waals surface area (Å²) < 4.78 is 0. The van der Waals surface area contributed by atoms with Crippen LogP contribution in [0.2, 0.25) is 0 Å². The molecule has 0 bridgehead atoms. The lowest BCUT2D eigenvalue weighted by Crippen LogP contribution is -1.96. The van der Waals surface area contributed by atoms with E-state index >= 15 is 0 Å². The van der Waals surface area contributed by atoms with Crippen molar-refractivity contribution in [1.82, 2.24) is 0 Å². The Kier molecular flexibility index (Phi) is 22.6. The molecule has 2 aliphatic carbocycles. The van der Waals surface area contributed by atoms with Gasteiger partial charge in [-0.1, -0.05) is 220 Å². The number of phenolic OH excluding ortho intramolecular Hbond substituents is 3. The first-order chi connectivity index (χ1) is 27.3. The molecule has 296 valence electrons. The van der Waals surface area contributed by atoms with Crippen LogP contribution in [0.4, 0.5) is 0 Å². The second kappa shape index (κ2) is 27.1. The van der Waals surface area contributed by atoms with E-state index in [-0.39, 0.29) is 0 Å². The van der Waals surface area contributed by atoms with Gasteiger partial charge in [0.2, 0.25) is 0 Å². The zero-order valence-corrected chi connectivity index (χ0v) is 35.1. The SMILES string of the molecule is CC.CCC.CCC.CCC.Oc1ccc(CC2C=CC=C2)c2ccccc12.Oc1ccc(CC2C=CC=C2)c2ccccc12.Oc1cccc2ccccc12. The molecule has 0 amide bonds. The fraction of sp³-hybridized carbons (Fsp3) is 0.283. The van der Waals surface area contributed by atoms with Crippen molar-refractivity contribution in [3.05, 3.63) is 175 Å². The maximum absolute atomic E-state index is 9.83. The fourth-order valence-electron chi connectivity index (χ4n) is 5.99. The highest BCUT2D eigenvalue weighted by Crippen LogP contribution is 2.31. The minimum Gasteiger partial charge on any atom is -0.507 e. The topological polar surface area (TPSA) is 60.7 Å². The molecule has 6 aromatic rings. The third-order valence-electron chi connectivity index (χ3n) is 8.32. The van der Waals surface area contributed by atoms with Gasteiger partial charge in [0.05, 0.1) is 0 Å². The van der Waals surface area contributed by atoms with Gasteiger partial charge >= 0.3 is 0 Å². The summed E-state index contributed by atoms with van der Waals surface area (Å²) in [5, 5.41) is 35.2. The van der Waals surface area contributed by atoms with Gasteiger partial charge in [-0.05, 0) is 70.2 Å². The lowest BCUT2D eigenvalue weighted by Gasteiger charge is -2.10. The fourth-order valence-corrected chi connectivity index (χ4v) is 5.99. The summed E-state index contributed by atoms with van der Waals surface area (Å²) in [4.78, 5) is 0. The van der Waals surface area contributed by atoms with Crippen molar-refractivity contribution in [2.45, 2.75) is 87.5 Å². The van der Waals surface area contributed by atoms with Gasteiger partial charge < -0.3 is 15.3 Å². The van der Waals surface area contributed by atoms with Crippen molar-refractivity contribution in [2.24, 2.45) is 11.8 Å². The zero-order valence-electron chi connectivity index (χ0n) is 35.1. The Bertz CT molecular complexity index is 1970. The first-order valence-electron chi connectivity index (χ1n) is 20.6. The van der Waals surface area contributed by atoms with Crippen molar-refractivity contribution >= 4 is 32.3 Å². The zero-order chi connectivity index (χ0) is 41.1. The van der Waals surface area contributed by atoms with Crippen LogP contribution in [0.25, 0.3) is 32.3 Å². The van der Waals surface area contributed by atoms with E-state index < -0.39 is 0 Å². The predicted octanol–water partition coefficient (Wildman–Crippen LogP) is 15.5.